The molecule has 0 spiro atoms. The second-order valence-electron chi connectivity index (χ2n) is 5.07. The second-order valence-corrected chi connectivity index (χ2v) is 5.50. The first-order valence-corrected chi connectivity index (χ1v) is 6.90. The number of nitrogens with two attached hydrogens (primary N) is 1. The molecule has 1 amide bonds. The Hall–Kier alpha value is -1.13. The lowest BCUT2D eigenvalue weighted by Crippen LogP contribution is -2.36. The molecule has 0 unspecified atom stereocenters. The molecule has 2 rings (SSSR count). The van der Waals surface area contributed by atoms with Crippen molar-refractivity contribution in [1.82, 2.24) is 5.32 Å². The summed E-state index contributed by atoms with van der Waals surface area (Å²) in [6.07, 6.45) is 3.44. The Labute approximate surface area is 117 Å². The maximum atomic E-state index is 13.6. The zero-order valence-corrected chi connectivity index (χ0v) is 11.4. The first-order valence-electron chi connectivity index (χ1n) is 6.53. The van der Waals surface area contributed by atoms with Gasteiger partial charge in [0.1, 0.15) is 5.82 Å². The fourth-order valence-corrected chi connectivity index (χ4v) is 2.66. The molecule has 3 N–H and O–H groups in total. The third kappa shape index (κ3) is 3.91. The number of primary amides is 1. The van der Waals surface area contributed by atoms with Crippen LogP contribution in [0.15, 0.2) is 18.2 Å². The Balaban J connectivity index is 1.82. The minimum Gasteiger partial charge on any atom is -0.369 e. The van der Waals surface area contributed by atoms with Crippen LogP contribution < -0.4 is 11.1 Å². The summed E-state index contributed by atoms with van der Waals surface area (Å²) in [6, 6.07) is 5.03. The van der Waals surface area contributed by atoms with E-state index in [4.69, 9.17) is 17.3 Å². The van der Waals surface area contributed by atoms with Gasteiger partial charge >= 0.3 is 0 Å². The van der Waals surface area contributed by atoms with E-state index in [2.05, 4.69) is 5.32 Å². The predicted molar refractivity (Wildman–Crippen MR) is 73.2 cm³/mol. The van der Waals surface area contributed by atoms with Gasteiger partial charge in [-0.25, -0.2) is 4.39 Å². The Kier molecular flexibility index (Phi) is 4.77. The molecule has 1 aliphatic carbocycles. The van der Waals surface area contributed by atoms with Crippen molar-refractivity contribution >= 4 is 17.5 Å². The van der Waals surface area contributed by atoms with Crippen LogP contribution in [0.1, 0.15) is 31.2 Å². The molecular weight excluding hydrogens is 267 g/mol. The fraction of sp³-hybridized carbons (Fsp3) is 0.500. The molecule has 1 aromatic rings. The van der Waals surface area contributed by atoms with Gasteiger partial charge in [0, 0.05) is 29.1 Å². The van der Waals surface area contributed by atoms with E-state index < -0.39 is 0 Å². The van der Waals surface area contributed by atoms with Crippen molar-refractivity contribution < 1.29 is 9.18 Å². The number of hydrogen-bond acceptors (Lipinski definition) is 2. The van der Waals surface area contributed by atoms with Gasteiger partial charge in [-0.05, 0) is 37.8 Å². The molecule has 1 fully saturated rings. The Morgan fingerprint density at radius 1 is 1.37 bits per heavy atom. The van der Waals surface area contributed by atoms with Gasteiger partial charge in [-0.2, -0.15) is 0 Å². The molecule has 0 heterocycles. The highest BCUT2D eigenvalue weighted by atomic mass is 35.5. The maximum Gasteiger partial charge on any atom is 0.220 e. The minimum absolute atomic E-state index is 0.00492. The van der Waals surface area contributed by atoms with Crippen LogP contribution in [0.5, 0.6) is 0 Å². The Morgan fingerprint density at radius 3 is 2.63 bits per heavy atom. The quantitative estimate of drug-likeness (QED) is 0.893. The van der Waals surface area contributed by atoms with E-state index in [1.165, 1.54) is 6.07 Å². The van der Waals surface area contributed by atoms with E-state index in [1.54, 1.807) is 12.1 Å². The van der Waals surface area contributed by atoms with Gasteiger partial charge in [0.15, 0.2) is 0 Å². The first-order chi connectivity index (χ1) is 9.06. The van der Waals surface area contributed by atoms with Gasteiger partial charge in [0.2, 0.25) is 5.91 Å². The van der Waals surface area contributed by atoms with Crippen molar-refractivity contribution in [3.8, 4) is 0 Å². The summed E-state index contributed by atoms with van der Waals surface area (Å²) in [5.41, 5.74) is 5.90. The van der Waals surface area contributed by atoms with Crippen LogP contribution >= 0.6 is 11.6 Å². The smallest absolute Gasteiger partial charge is 0.220 e. The van der Waals surface area contributed by atoms with Gasteiger partial charge in [-0.15, -0.1) is 0 Å². The van der Waals surface area contributed by atoms with Crippen molar-refractivity contribution in [2.45, 2.75) is 38.3 Å². The second kappa shape index (κ2) is 6.35. The lowest BCUT2D eigenvalue weighted by atomic mass is 9.85. The van der Waals surface area contributed by atoms with Crippen molar-refractivity contribution in [1.29, 1.82) is 0 Å². The van der Waals surface area contributed by atoms with Crippen molar-refractivity contribution in [3.05, 3.63) is 34.6 Å². The van der Waals surface area contributed by atoms with Crippen molar-refractivity contribution in [3.63, 3.8) is 0 Å². The van der Waals surface area contributed by atoms with Crippen molar-refractivity contribution in [2.24, 2.45) is 11.7 Å². The monoisotopic (exact) mass is 284 g/mol. The number of halogens is 2. The molecule has 1 aliphatic rings. The molecule has 1 aromatic carbocycles. The van der Waals surface area contributed by atoms with E-state index in [0.717, 1.165) is 25.7 Å². The number of amides is 1. The SMILES string of the molecule is NC(=O)C1CCC(NCc2ccc(Cl)cc2F)CC1. The number of nitrogens with one attached hydrogen (secondary N) is 1. The molecule has 0 radical (unpaired) electrons. The van der Waals surface area contributed by atoms with Crippen molar-refractivity contribution in [2.75, 3.05) is 0 Å². The summed E-state index contributed by atoms with van der Waals surface area (Å²) in [5, 5.41) is 3.73. The summed E-state index contributed by atoms with van der Waals surface area (Å²) in [6.45, 7) is 0.481. The van der Waals surface area contributed by atoms with Gasteiger partial charge in [-0.1, -0.05) is 17.7 Å². The van der Waals surface area contributed by atoms with Gasteiger partial charge < -0.3 is 11.1 Å². The maximum absolute atomic E-state index is 13.6. The van der Waals surface area contributed by atoms with E-state index in [1.807, 2.05) is 0 Å². The molecule has 5 heteroatoms. The van der Waals surface area contributed by atoms with Crippen LogP contribution in [0.3, 0.4) is 0 Å². The number of benzene rings is 1. The molecule has 19 heavy (non-hydrogen) atoms. The summed E-state index contributed by atoms with van der Waals surface area (Å²) >= 11 is 5.71. The molecule has 0 aromatic heterocycles. The van der Waals surface area contributed by atoms with Gasteiger partial charge in [0.25, 0.3) is 0 Å². The number of hydrogen-bond donors (Lipinski definition) is 2. The van der Waals surface area contributed by atoms with E-state index in [-0.39, 0.29) is 17.6 Å². The highest BCUT2D eigenvalue weighted by Crippen LogP contribution is 2.24. The number of carbonyl (C=O) groups is 1. The number of carbonyl (C=O) groups excluding carboxylic acids is 1. The molecular formula is C14H18ClFN2O. The molecule has 1 saturated carbocycles. The van der Waals surface area contributed by atoms with Crippen LogP contribution in [-0.2, 0) is 11.3 Å². The molecule has 0 saturated heterocycles. The third-order valence-corrected chi connectivity index (χ3v) is 3.96. The number of rotatable bonds is 4. The Bertz CT molecular complexity index is 459. The normalized spacial score (nSPS) is 23.3. The molecule has 3 nitrogen and oxygen atoms in total. The largest absolute Gasteiger partial charge is 0.369 e. The van der Waals surface area contributed by atoms with Crippen LogP contribution in [0, 0.1) is 11.7 Å². The molecule has 0 aliphatic heterocycles. The van der Waals surface area contributed by atoms with Gasteiger partial charge in [-0.3, -0.25) is 4.79 Å². The minimum atomic E-state index is -0.286. The van der Waals surface area contributed by atoms with E-state index >= 15 is 0 Å². The molecule has 0 atom stereocenters. The lowest BCUT2D eigenvalue weighted by molar-refractivity contribution is -0.122. The summed E-state index contributed by atoms with van der Waals surface area (Å²) in [7, 11) is 0. The molecule has 0 bridgehead atoms. The predicted octanol–water partition coefficient (Wildman–Crippen LogP) is 2.61. The highest BCUT2D eigenvalue weighted by molar-refractivity contribution is 6.30. The highest BCUT2D eigenvalue weighted by Gasteiger charge is 2.24. The average molecular weight is 285 g/mol. The summed E-state index contributed by atoms with van der Waals surface area (Å²) in [4.78, 5) is 11.1. The lowest BCUT2D eigenvalue weighted by Gasteiger charge is -2.27. The average Bonchev–Trinajstić information content (AvgIpc) is 2.38. The van der Waals surface area contributed by atoms with Crippen LogP contribution in [0.2, 0.25) is 5.02 Å². The van der Waals surface area contributed by atoms with Crippen LogP contribution in [0.4, 0.5) is 4.39 Å². The topological polar surface area (TPSA) is 55.1 Å². The summed E-state index contributed by atoms with van der Waals surface area (Å²) in [5.74, 6) is -0.488. The fourth-order valence-electron chi connectivity index (χ4n) is 2.50. The van der Waals surface area contributed by atoms with E-state index in [9.17, 15) is 9.18 Å². The Morgan fingerprint density at radius 2 is 2.05 bits per heavy atom. The van der Waals surface area contributed by atoms with E-state index in [0.29, 0.717) is 23.2 Å². The standard InChI is InChI=1S/C14H18ClFN2O/c15-11-4-1-10(13(16)7-11)8-18-12-5-2-9(3-6-12)14(17)19/h1,4,7,9,12,18H,2-3,5-6,8H2,(H2,17,19). The zero-order valence-electron chi connectivity index (χ0n) is 10.7. The first kappa shape index (κ1) is 14.3. The van der Waals surface area contributed by atoms with Crippen LogP contribution in [-0.4, -0.2) is 11.9 Å². The van der Waals surface area contributed by atoms with Crippen LogP contribution in [0.25, 0.3) is 0 Å². The third-order valence-electron chi connectivity index (χ3n) is 3.73. The molecule has 104 valence electrons. The summed E-state index contributed by atoms with van der Waals surface area (Å²) < 4.78 is 13.6. The van der Waals surface area contributed by atoms with Gasteiger partial charge in [0.05, 0.1) is 0 Å². The zero-order chi connectivity index (χ0) is 13.8.